The van der Waals surface area contributed by atoms with Crippen LogP contribution in [0.1, 0.15) is 28.8 Å². The number of halogens is 1. The maximum absolute atomic E-state index is 12.5. The summed E-state index contributed by atoms with van der Waals surface area (Å²) in [7, 11) is 1.93. The van der Waals surface area contributed by atoms with Gasteiger partial charge in [0, 0.05) is 41.9 Å². The van der Waals surface area contributed by atoms with Crippen LogP contribution in [0.5, 0.6) is 0 Å². The first-order chi connectivity index (χ1) is 10.6. The zero-order valence-corrected chi connectivity index (χ0v) is 13.5. The Balaban J connectivity index is 1.55. The van der Waals surface area contributed by atoms with Crippen LogP contribution in [0.25, 0.3) is 0 Å². The Morgan fingerprint density at radius 1 is 1.27 bits per heavy atom. The van der Waals surface area contributed by atoms with Crippen LogP contribution in [0.2, 0.25) is 5.02 Å². The number of likely N-dealkylation sites (tertiary alicyclic amines) is 1. The van der Waals surface area contributed by atoms with E-state index in [1.807, 2.05) is 36.3 Å². The van der Waals surface area contributed by atoms with E-state index in [0.29, 0.717) is 5.02 Å². The summed E-state index contributed by atoms with van der Waals surface area (Å²) in [6.07, 6.45) is 5.79. The van der Waals surface area contributed by atoms with Gasteiger partial charge < -0.3 is 0 Å². The Labute approximate surface area is 135 Å². The van der Waals surface area contributed by atoms with Crippen molar-refractivity contribution in [3.8, 4) is 0 Å². The number of ketones is 1. The number of aromatic nitrogens is 2. The van der Waals surface area contributed by atoms with E-state index < -0.39 is 0 Å². The lowest BCUT2D eigenvalue weighted by atomic mass is 9.89. The van der Waals surface area contributed by atoms with Crippen LogP contribution in [0, 0.1) is 5.92 Å². The van der Waals surface area contributed by atoms with Crippen molar-refractivity contribution in [3.63, 3.8) is 0 Å². The van der Waals surface area contributed by atoms with Crippen molar-refractivity contribution in [1.29, 1.82) is 0 Å². The van der Waals surface area contributed by atoms with Crippen molar-refractivity contribution in [2.45, 2.75) is 19.4 Å². The van der Waals surface area contributed by atoms with Crippen molar-refractivity contribution in [2.24, 2.45) is 13.0 Å². The fourth-order valence-corrected chi connectivity index (χ4v) is 3.14. The maximum Gasteiger partial charge on any atom is 0.166 e. The van der Waals surface area contributed by atoms with Crippen LogP contribution in [0.15, 0.2) is 36.7 Å². The fraction of sp³-hybridized carbons (Fsp3) is 0.412. The van der Waals surface area contributed by atoms with Crippen molar-refractivity contribution in [2.75, 3.05) is 13.1 Å². The van der Waals surface area contributed by atoms with E-state index in [1.165, 1.54) is 5.56 Å². The number of rotatable bonds is 4. The minimum Gasteiger partial charge on any atom is -0.299 e. The number of carbonyl (C=O) groups is 1. The van der Waals surface area contributed by atoms with E-state index in [1.54, 1.807) is 12.1 Å². The molecule has 1 fully saturated rings. The highest BCUT2D eigenvalue weighted by molar-refractivity contribution is 6.30. The van der Waals surface area contributed by atoms with Crippen LogP contribution in [0.3, 0.4) is 0 Å². The maximum atomic E-state index is 12.5. The zero-order valence-electron chi connectivity index (χ0n) is 12.7. The van der Waals surface area contributed by atoms with Gasteiger partial charge in [-0.05, 0) is 50.2 Å². The second-order valence-electron chi connectivity index (χ2n) is 5.94. The molecule has 5 heteroatoms. The lowest BCUT2D eigenvalue weighted by Gasteiger charge is -2.30. The predicted octanol–water partition coefficient (Wildman–Crippen LogP) is 3.17. The zero-order chi connectivity index (χ0) is 15.5. The molecule has 0 radical (unpaired) electrons. The van der Waals surface area contributed by atoms with Crippen molar-refractivity contribution < 1.29 is 4.79 Å². The third-order valence-corrected chi connectivity index (χ3v) is 4.50. The first kappa shape index (κ1) is 15.3. The van der Waals surface area contributed by atoms with Gasteiger partial charge in [0.25, 0.3) is 0 Å². The van der Waals surface area contributed by atoms with Crippen LogP contribution >= 0.6 is 11.6 Å². The normalized spacial score (nSPS) is 16.8. The van der Waals surface area contributed by atoms with Crippen LogP contribution in [-0.4, -0.2) is 33.6 Å². The summed E-state index contributed by atoms with van der Waals surface area (Å²) in [4.78, 5) is 14.9. The molecule has 0 unspecified atom stereocenters. The quantitative estimate of drug-likeness (QED) is 0.813. The van der Waals surface area contributed by atoms with E-state index >= 15 is 0 Å². The number of carbonyl (C=O) groups excluding carboxylic acids is 1. The van der Waals surface area contributed by atoms with Crippen LogP contribution in [0.4, 0.5) is 0 Å². The Bertz CT molecular complexity index is 642. The van der Waals surface area contributed by atoms with Crippen molar-refractivity contribution in [1.82, 2.24) is 14.7 Å². The van der Waals surface area contributed by atoms with Gasteiger partial charge in [-0.1, -0.05) is 11.6 Å². The van der Waals surface area contributed by atoms with E-state index in [4.69, 9.17) is 11.6 Å². The molecule has 2 heterocycles. The van der Waals surface area contributed by atoms with Gasteiger partial charge >= 0.3 is 0 Å². The van der Waals surface area contributed by atoms with Gasteiger partial charge in [-0.2, -0.15) is 5.10 Å². The average Bonchev–Trinajstić information content (AvgIpc) is 2.93. The molecule has 0 bridgehead atoms. The molecule has 1 aliphatic heterocycles. The lowest BCUT2D eigenvalue weighted by molar-refractivity contribution is 0.0835. The molecule has 0 N–H and O–H groups in total. The minimum atomic E-state index is 0.131. The molecule has 4 nitrogen and oxygen atoms in total. The summed E-state index contributed by atoms with van der Waals surface area (Å²) >= 11 is 5.88. The number of hydrogen-bond donors (Lipinski definition) is 0. The Morgan fingerprint density at radius 2 is 1.95 bits per heavy atom. The number of nitrogens with zero attached hydrogens (tertiary/aromatic N) is 3. The monoisotopic (exact) mass is 317 g/mol. The second kappa shape index (κ2) is 6.63. The molecule has 0 spiro atoms. The van der Waals surface area contributed by atoms with E-state index in [9.17, 15) is 4.79 Å². The van der Waals surface area contributed by atoms with Gasteiger partial charge in [0.15, 0.2) is 5.78 Å². The molecule has 0 atom stereocenters. The Hall–Kier alpha value is -1.65. The molecule has 0 aliphatic carbocycles. The fourth-order valence-electron chi connectivity index (χ4n) is 3.01. The summed E-state index contributed by atoms with van der Waals surface area (Å²) in [5, 5.41) is 4.87. The number of aryl methyl sites for hydroxylation is 1. The summed E-state index contributed by atoms with van der Waals surface area (Å²) in [6, 6.07) is 7.22. The van der Waals surface area contributed by atoms with Crippen LogP contribution in [-0.2, 0) is 13.6 Å². The SMILES string of the molecule is Cn1cc(CN2CCC(C(=O)c3ccc(Cl)cc3)CC2)cn1. The summed E-state index contributed by atoms with van der Waals surface area (Å²) in [6.45, 7) is 2.83. The van der Waals surface area contributed by atoms with Gasteiger partial charge in [-0.15, -0.1) is 0 Å². The van der Waals surface area contributed by atoms with Crippen molar-refractivity contribution in [3.05, 3.63) is 52.8 Å². The molecule has 22 heavy (non-hydrogen) atoms. The smallest absolute Gasteiger partial charge is 0.166 e. The topological polar surface area (TPSA) is 38.1 Å². The molecular formula is C17H20ClN3O. The van der Waals surface area contributed by atoms with Crippen molar-refractivity contribution >= 4 is 17.4 Å². The molecule has 1 aliphatic rings. The first-order valence-electron chi connectivity index (χ1n) is 7.61. The molecule has 0 saturated carbocycles. The highest BCUT2D eigenvalue weighted by atomic mass is 35.5. The number of piperidine rings is 1. The third kappa shape index (κ3) is 3.57. The van der Waals surface area contributed by atoms with E-state index in [-0.39, 0.29) is 11.7 Å². The lowest BCUT2D eigenvalue weighted by Crippen LogP contribution is -2.35. The molecule has 3 rings (SSSR count). The highest BCUT2D eigenvalue weighted by Crippen LogP contribution is 2.23. The van der Waals surface area contributed by atoms with Gasteiger partial charge in [0.1, 0.15) is 0 Å². The number of hydrogen-bond acceptors (Lipinski definition) is 3. The standard InChI is InChI=1S/C17H20ClN3O/c1-20-11-13(10-19-20)12-21-8-6-15(7-9-21)17(22)14-2-4-16(18)5-3-14/h2-5,10-11,15H,6-9,12H2,1H3. The van der Waals surface area contributed by atoms with E-state index in [0.717, 1.165) is 38.0 Å². The van der Waals surface area contributed by atoms with Gasteiger partial charge in [0.05, 0.1) is 6.20 Å². The summed E-state index contributed by atoms with van der Waals surface area (Å²) in [5.41, 5.74) is 2.00. The van der Waals surface area contributed by atoms with Crippen LogP contribution < -0.4 is 0 Å². The Morgan fingerprint density at radius 3 is 2.55 bits per heavy atom. The van der Waals surface area contributed by atoms with Gasteiger partial charge in [0.2, 0.25) is 0 Å². The first-order valence-corrected chi connectivity index (χ1v) is 7.99. The predicted molar refractivity (Wildman–Crippen MR) is 87.0 cm³/mol. The second-order valence-corrected chi connectivity index (χ2v) is 6.38. The molecule has 2 aromatic rings. The molecule has 116 valence electrons. The molecule has 1 aromatic heterocycles. The molecular weight excluding hydrogens is 298 g/mol. The third-order valence-electron chi connectivity index (χ3n) is 4.25. The highest BCUT2D eigenvalue weighted by Gasteiger charge is 2.25. The number of Topliss-reactive ketones (excluding diaryl/α,β-unsaturated/α-hetero) is 1. The van der Waals surface area contributed by atoms with E-state index in [2.05, 4.69) is 10.00 Å². The number of benzene rings is 1. The Kier molecular flexibility index (Phi) is 4.60. The minimum absolute atomic E-state index is 0.131. The molecule has 1 saturated heterocycles. The molecule has 1 aromatic carbocycles. The summed E-state index contributed by atoms with van der Waals surface area (Å²) in [5.74, 6) is 0.379. The average molecular weight is 318 g/mol. The largest absolute Gasteiger partial charge is 0.299 e. The molecule has 0 amide bonds. The van der Waals surface area contributed by atoms with Gasteiger partial charge in [-0.25, -0.2) is 0 Å². The van der Waals surface area contributed by atoms with Gasteiger partial charge in [-0.3, -0.25) is 14.4 Å². The summed E-state index contributed by atoms with van der Waals surface area (Å²) < 4.78 is 1.83.